The van der Waals surface area contributed by atoms with Crippen LogP contribution in [0.15, 0.2) is 33.2 Å². The predicted octanol–water partition coefficient (Wildman–Crippen LogP) is 2.62. The molecule has 1 aliphatic rings. The molecule has 0 amide bonds. The topological polar surface area (TPSA) is 84.3 Å². The average molecular weight is 368 g/mol. The zero-order valence-corrected chi connectivity index (χ0v) is 15.9. The molecule has 1 fully saturated rings. The number of hydrogen-bond acceptors (Lipinski definition) is 8. The lowest BCUT2D eigenvalue weighted by molar-refractivity contribution is 0.0807. The lowest BCUT2D eigenvalue weighted by Crippen LogP contribution is -2.46. The van der Waals surface area contributed by atoms with E-state index < -0.39 is 0 Å². The highest BCUT2D eigenvalue weighted by molar-refractivity contribution is 5.58. The lowest BCUT2D eigenvalue weighted by Gasteiger charge is -2.36. The Bertz CT molecular complexity index is 897. The van der Waals surface area contributed by atoms with Gasteiger partial charge in [-0.05, 0) is 19.4 Å². The molecule has 0 aliphatic carbocycles. The minimum atomic E-state index is 0.129. The number of benzene rings is 1. The summed E-state index contributed by atoms with van der Waals surface area (Å²) in [6.45, 7) is 10.4. The first kappa shape index (κ1) is 17.8. The van der Waals surface area contributed by atoms with Crippen LogP contribution in [0, 0.1) is 13.8 Å². The summed E-state index contributed by atoms with van der Waals surface area (Å²) in [7, 11) is 0. The van der Waals surface area contributed by atoms with Crippen molar-refractivity contribution in [3.8, 4) is 11.4 Å². The summed E-state index contributed by atoms with van der Waals surface area (Å²) in [6, 6.07) is 8.20. The van der Waals surface area contributed by atoms with Gasteiger partial charge in [0.2, 0.25) is 23.5 Å². The van der Waals surface area contributed by atoms with Gasteiger partial charge in [0.25, 0.3) is 0 Å². The van der Waals surface area contributed by atoms with Crippen LogP contribution in [0.3, 0.4) is 0 Å². The van der Waals surface area contributed by atoms with Gasteiger partial charge in [-0.1, -0.05) is 29.4 Å². The molecule has 1 unspecified atom stereocenters. The van der Waals surface area contributed by atoms with Crippen LogP contribution in [-0.4, -0.2) is 56.3 Å². The second kappa shape index (κ2) is 7.58. The molecule has 0 saturated carbocycles. The molecular weight excluding hydrogens is 344 g/mol. The molecule has 2 aromatic heterocycles. The summed E-state index contributed by atoms with van der Waals surface area (Å²) in [4.78, 5) is 9.26. The van der Waals surface area contributed by atoms with Gasteiger partial charge in [-0.15, -0.1) is 10.2 Å². The fourth-order valence-electron chi connectivity index (χ4n) is 3.39. The molecule has 1 aliphatic heterocycles. The Morgan fingerprint density at radius 3 is 2.56 bits per heavy atom. The third kappa shape index (κ3) is 3.91. The SMILES string of the molecule is Cc1nnc(C(C)N2CCN(Cc3nc(-c4ccccc4C)no3)CC2)o1. The van der Waals surface area contributed by atoms with Gasteiger partial charge in [-0.2, -0.15) is 4.98 Å². The van der Waals surface area contributed by atoms with E-state index >= 15 is 0 Å². The van der Waals surface area contributed by atoms with E-state index in [1.807, 2.05) is 25.1 Å². The van der Waals surface area contributed by atoms with Crippen molar-refractivity contribution in [2.75, 3.05) is 26.2 Å². The fraction of sp³-hybridized carbons (Fsp3) is 0.474. The van der Waals surface area contributed by atoms with Gasteiger partial charge in [-0.3, -0.25) is 9.80 Å². The van der Waals surface area contributed by atoms with Gasteiger partial charge in [0.05, 0.1) is 12.6 Å². The summed E-state index contributed by atoms with van der Waals surface area (Å²) in [5.41, 5.74) is 2.16. The van der Waals surface area contributed by atoms with Gasteiger partial charge in [0, 0.05) is 38.7 Å². The molecule has 8 nitrogen and oxygen atoms in total. The second-order valence-corrected chi connectivity index (χ2v) is 6.97. The van der Waals surface area contributed by atoms with E-state index in [2.05, 4.69) is 50.1 Å². The molecule has 3 aromatic rings. The first-order valence-corrected chi connectivity index (χ1v) is 9.25. The molecule has 1 aromatic carbocycles. The first-order valence-electron chi connectivity index (χ1n) is 9.25. The van der Waals surface area contributed by atoms with Crippen LogP contribution in [0.4, 0.5) is 0 Å². The minimum Gasteiger partial charge on any atom is -0.424 e. The third-order valence-corrected chi connectivity index (χ3v) is 5.07. The van der Waals surface area contributed by atoms with E-state index in [1.165, 1.54) is 0 Å². The molecule has 3 heterocycles. The van der Waals surface area contributed by atoms with E-state index in [0.29, 0.717) is 30.0 Å². The Labute approximate surface area is 158 Å². The maximum Gasteiger partial charge on any atom is 0.241 e. The van der Waals surface area contributed by atoms with Crippen molar-refractivity contribution in [1.29, 1.82) is 0 Å². The zero-order chi connectivity index (χ0) is 18.8. The number of nitrogens with zero attached hydrogens (tertiary/aromatic N) is 6. The molecule has 8 heteroatoms. The Morgan fingerprint density at radius 1 is 1.07 bits per heavy atom. The van der Waals surface area contributed by atoms with Crippen molar-refractivity contribution < 1.29 is 8.94 Å². The van der Waals surface area contributed by atoms with E-state index in [4.69, 9.17) is 8.94 Å². The maximum atomic E-state index is 5.56. The molecule has 4 rings (SSSR count). The van der Waals surface area contributed by atoms with Crippen molar-refractivity contribution >= 4 is 0 Å². The summed E-state index contributed by atoms with van der Waals surface area (Å²) in [6.07, 6.45) is 0. The quantitative estimate of drug-likeness (QED) is 0.679. The normalized spacial score (nSPS) is 17.3. The monoisotopic (exact) mass is 368 g/mol. The van der Waals surface area contributed by atoms with Crippen molar-refractivity contribution in [2.24, 2.45) is 0 Å². The number of piperazine rings is 1. The maximum absolute atomic E-state index is 5.56. The van der Waals surface area contributed by atoms with Crippen LogP contribution in [0.2, 0.25) is 0 Å². The highest BCUT2D eigenvalue weighted by Gasteiger charge is 2.26. The van der Waals surface area contributed by atoms with Gasteiger partial charge >= 0.3 is 0 Å². The van der Waals surface area contributed by atoms with Crippen LogP contribution in [0.1, 0.15) is 36.2 Å². The molecule has 0 radical (unpaired) electrons. The Kier molecular flexibility index (Phi) is 5.00. The highest BCUT2D eigenvalue weighted by Crippen LogP contribution is 2.22. The van der Waals surface area contributed by atoms with Gasteiger partial charge in [0.15, 0.2) is 0 Å². The van der Waals surface area contributed by atoms with E-state index in [1.54, 1.807) is 0 Å². The zero-order valence-electron chi connectivity index (χ0n) is 15.9. The number of hydrogen-bond donors (Lipinski definition) is 0. The van der Waals surface area contributed by atoms with Gasteiger partial charge < -0.3 is 8.94 Å². The molecule has 1 atom stereocenters. The lowest BCUT2D eigenvalue weighted by atomic mass is 10.1. The van der Waals surface area contributed by atoms with Crippen LogP contribution in [-0.2, 0) is 6.54 Å². The van der Waals surface area contributed by atoms with Gasteiger partial charge in [0.1, 0.15) is 0 Å². The summed E-state index contributed by atoms with van der Waals surface area (Å²) < 4.78 is 11.0. The Hall–Kier alpha value is -2.58. The van der Waals surface area contributed by atoms with Crippen LogP contribution < -0.4 is 0 Å². The smallest absolute Gasteiger partial charge is 0.241 e. The molecule has 0 N–H and O–H groups in total. The Balaban J connectivity index is 1.34. The van der Waals surface area contributed by atoms with Crippen LogP contribution in [0.5, 0.6) is 0 Å². The average Bonchev–Trinajstić information content (AvgIpc) is 3.31. The molecule has 27 heavy (non-hydrogen) atoms. The van der Waals surface area contributed by atoms with E-state index in [9.17, 15) is 0 Å². The third-order valence-electron chi connectivity index (χ3n) is 5.07. The first-order chi connectivity index (χ1) is 13.1. The van der Waals surface area contributed by atoms with E-state index in [0.717, 1.165) is 37.3 Å². The number of aromatic nitrogens is 4. The van der Waals surface area contributed by atoms with Crippen molar-refractivity contribution in [2.45, 2.75) is 33.4 Å². The predicted molar refractivity (Wildman–Crippen MR) is 98.8 cm³/mol. The molecule has 0 spiro atoms. The molecule has 0 bridgehead atoms. The summed E-state index contributed by atoms with van der Waals surface area (Å²) in [5.74, 6) is 2.60. The fourth-order valence-corrected chi connectivity index (χ4v) is 3.39. The second-order valence-electron chi connectivity index (χ2n) is 6.97. The summed E-state index contributed by atoms with van der Waals surface area (Å²) >= 11 is 0. The largest absolute Gasteiger partial charge is 0.424 e. The number of aryl methyl sites for hydroxylation is 2. The standard InChI is InChI=1S/C19H24N6O2/c1-13-6-4-5-7-16(13)18-20-17(27-23-18)12-24-8-10-25(11-9-24)14(2)19-22-21-15(3)26-19/h4-7,14H,8-12H2,1-3H3. The van der Waals surface area contributed by atoms with Crippen LogP contribution in [0.25, 0.3) is 11.4 Å². The molecule has 1 saturated heterocycles. The summed E-state index contributed by atoms with van der Waals surface area (Å²) in [5, 5.41) is 12.2. The van der Waals surface area contributed by atoms with Crippen molar-refractivity contribution in [3.05, 3.63) is 47.5 Å². The Morgan fingerprint density at radius 2 is 1.85 bits per heavy atom. The molecular formula is C19H24N6O2. The van der Waals surface area contributed by atoms with Gasteiger partial charge in [-0.25, -0.2) is 0 Å². The minimum absolute atomic E-state index is 0.129. The van der Waals surface area contributed by atoms with Crippen LogP contribution >= 0.6 is 0 Å². The van der Waals surface area contributed by atoms with E-state index in [-0.39, 0.29) is 6.04 Å². The highest BCUT2D eigenvalue weighted by atomic mass is 16.5. The van der Waals surface area contributed by atoms with Crippen molar-refractivity contribution in [1.82, 2.24) is 30.1 Å². The number of rotatable bonds is 5. The molecule has 142 valence electrons. The van der Waals surface area contributed by atoms with Crippen molar-refractivity contribution in [3.63, 3.8) is 0 Å².